The van der Waals surface area contributed by atoms with E-state index in [1.54, 1.807) is 6.20 Å². The second-order valence-electron chi connectivity index (χ2n) is 6.43. The van der Waals surface area contributed by atoms with Gasteiger partial charge in [0.1, 0.15) is 16.6 Å². The Kier molecular flexibility index (Phi) is 5.18. The fourth-order valence-corrected chi connectivity index (χ4v) is 3.88. The largest absolute Gasteiger partial charge is 0.360 e. The first-order valence-electron chi connectivity index (χ1n) is 9.18. The Morgan fingerprint density at radius 2 is 1.86 bits per heavy atom. The summed E-state index contributed by atoms with van der Waals surface area (Å²) in [5, 5.41) is 17.9. The summed E-state index contributed by atoms with van der Waals surface area (Å²) in [5.74, 6) is 0. The number of nitriles is 1. The number of fused-ring (bicyclic) bond motifs is 1. The minimum Gasteiger partial charge on any atom is -0.360 e. The van der Waals surface area contributed by atoms with Crippen molar-refractivity contribution in [2.75, 3.05) is 5.32 Å². The molecular weight excluding hydrogens is 362 g/mol. The smallest absolute Gasteiger partial charge is 0.136 e. The number of aromatic nitrogens is 1. The van der Waals surface area contributed by atoms with Crippen molar-refractivity contribution in [2.45, 2.75) is 13.3 Å². The predicted octanol–water partition coefficient (Wildman–Crippen LogP) is 6.50. The van der Waals surface area contributed by atoms with E-state index in [1.165, 1.54) is 16.9 Å². The molecule has 0 radical (unpaired) electrons. The number of allylic oxidation sites excluding steroid dienone is 1. The van der Waals surface area contributed by atoms with E-state index in [0.29, 0.717) is 10.6 Å². The number of anilines is 1. The molecule has 1 N–H and O–H groups in total. The molecule has 3 aromatic carbocycles. The highest BCUT2D eigenvalue weighted by atomic mass is 32.1. The van der Waals surface area contributed by atoms with Gasteiger partial charge in [-0.1, -0.05) is 67.6 Å². The first-order valence-corrected chi connectivity index (χ1v) is 10.1. The maximum atomic E-state index is 9.63. The maximum Gasteiger partial charge on any atom is 0.136 e. The average Bonchev–Trinajstić information content (AvgIpc) is 3.24. The molecule has 0 unspecified atom stereocenters. The van der Waals surface area contributed by atoms with Crippen LogP contribution in [0.3, 0.4) is 0 Å². The van der Waals surface area contributed by atoms with Crippen LogP contribution in [0.15, 0.2) is 78.3 Å². The number of aryl methyl sites for hydroxylation is 1. The first-order chi connectivity index (χ1) is 13.8. The normalized spacial score (nSPS) is 11.4. The molecule has 0 aliphatic heterocycles. The fourth-order valence-electron chi connectivity index (χ4n) is 3.08. The summed E-state index contributed by atoms with van der Waals surface area (Å²) >= 11 is 1.48. The highest BCUT2D eigenvalue weighted by Gasteiger charge is 2.09. The third-order valence-corrected chi connectivity index (χ3v) is 5.55. The van der Waals surface area contributed by atoms with Gasteiger partial charge in [-0.2, -0.15) is 5.26 Å². The lowest BCUT2D eigenvalue weighted by Gasteiger charge is -2.06. The third kappa shape index (κ3) is 3.66. The second-order valence-corrected chi connectivity index (χ2v) is 7.29. The Balaban J connectivity index is 1.60. The number of thiazole rings is 1. The van der Waals surface area contributed by atoms with Crippen LogP contribution in [0.2, 0.25) is 0 Å². The molecule has 0 atom stereocenters. The van der Waals surface area contributed by atoms with Crippen molar-refractivity contribution in [1.82, 2.24) is 4.98 Å². The molecule has 4 rings (SSSR count). The van der Waals surface area contributed by atoms with Crippen molar-refractivity contribution < 1.29 is 0 Å². The Bertz CT molecular complexity index is 1180. The summed E-state index contributed by atoms with van der Waals surface area (Å²) in [5.41, 5.74) is 4.76. The zero-order valence-electron chi connectivity index (χ0n) is 15.5. The van der Waals surface area contributed by atoms with Gasteiger partial charge >= 0.3 is 0 Å². The molecule has 28 heavy (non-hydrogen) atoms. The highest BCUT2D eigenvalue weighted by molar-refractivity contribution is 7.11. The molecule has 0 amide bonds. The first kappa shape index (κ1) is 18.0. The van der Waals surface area contributed by atoms with Crippen LogP contribution in [0.5, 0.6) is 0 Å². The van der Waals surface area contributed by atoms with E-state index in [0.717, 1.165) is 34.1 Å². The molecule has 1 heterocycles. The lowest BCUT2D eigenvalue weighted by molar-refractivity contribution is 1.14. The van der Waals surface area contributed by atoms with Gasteiger partial charge in [-0.15, -0.1) is 11.3 Å². The van der Waals surface area contributed by atoms with E-state index in [1.807, 2.05) is 29.6 Å². The van der Waals surface area contributed by atoms with Gasteiger partial charge in [0.2, 0.25) is 0 Å². The molecule has 0 saturated heterocycles. The number of hydrogen-bond acceptors (Lipinski definition) is 4. The molecule has 0 aliphatic carbocycles. The van der Waals surface area contributed by atoms with Gasteiger partial charge in [-0.05, 0) is 23.4 Å². The standard InChI is InChI=1S/C24H19N3S/c1-2-17-10-12-19(13-11-17)23-16-28-24(27-23)20(14-25)15-26-22-9-5-7-18-6-3-4-8-21(18)22/h3-13,15-16,26H,2H2,1H3. The molecule has 0 saturated carbocycles. The molecule has 0 fully saturated rings. The third-order valence-electron chi connectivity index (χ3n) is 4.67. The van der Waals surface area contributed by atoms with Crippen LogP contribution in [-0.2, 0) is 6.42 Å². The van der Waals surface area contributed by atoms with E-state index >= 15 is 0 Å². The maximum absolute atomic E-state index is 9.63. The monoisotopic (exact) mass is 381 g/mol. The van der Waals surface area contributed by atoms with Gasteiger partial charge < -0.3 is 5.32 Å². The molecule has 4 aromatic rings. The quantitative estimate of drug-likeness (QED) is 0.401. The van der Waals surface area contributed by atoms with Gasteiger partial charge in [-0.3, -0.25) is 0 Å². The van der Waals surface area contributed by atoms with Crippen LogP contribution in [-0.4, -0.2) is 4.98 Å². The molecule has 1 aromatic heterocycles. The van der Waals surface area contributed by atoms with Crippen molar-refractivity contribution in [3.8, 4) is 17.3 Å². The van der Waals surface area contributed by atoms with Gasteiger partial charge in [-0.25, -0.2) is 4.98 Å². The van der Waals surface area contributed by atoms with Crippen LogP contribution in [0.1, 0.15) is 17.5 Å². The Hall–Kier alpha value is -3.42. The van der Waals surface area contributed by atoms with Crippen molar-refractivity contribution in [2.24, 2.45) is 0 Å². The summed E-state index contributed by atoms with van der Waals surface area (Å²) in [6.07, 6.45) is 2.76. The van der Waals surface area contributed by atoms with Gasteiger partial charge in [0, 0.05) is 28.2 Å². The number of rotatable bonds is 5. The lowest BCUT2D eigenvalue weighted by atomic mass is 10.1. The van der Waals surface area contributed by atoms with Crippen molar-refractivity contribution in [3.63, 3.8) is 0 Å². The van der Waals surface area contributed by atoms with Crippen LogP contribution in [0.25, 0.3) is 27.6 Å². The van der Waals surface area contributed by atoms with Gasteiger partial charge in [0.15, 0.2) is 0 Å². The van der Waals surface area contributed by atoms with E-state index in [2.05, 4.69) is 65.8 Å². The van der Waals surface area contributed by atoms with E-state index < -0.39 is 0 Å². The number of hydrogen-bond donors (Lipinski definition) is 1. The van der Waals surface area contributed by atoms with Gasteiger partial charge in [0.05, 0.1) is 5.69 Å². The summed E-state index contributed by atoms with van der Waals surface area (Å²) < 4.78 is 0. The number of benzene rings is 3. The second kappa shape index (κ2) is 8.08. The molecular formula is C24H19N3S. The average molecular weight is 382 g/mol. The van der Waals surface area contributed by atoms with Crippen LogP contribution in [0, 0.1) is 11.3 Å². The molecule has 4 heteroatoms. The minimum atomic E-state index is 0.523. The van der Waals surface area contributed by atoms with E-state index in [-0.39, 0.29) is 0 Å². The molecule has 0 aliphatic rings. The predicted molar refractivity (Wildman–Crippen MR) is 118 cm³/mol. The van der Waals surface area contributed by atoms with E-state index in [4.69, 9.17) is 0 Å². The number of nitrogens with zero attached hydrogens (tertiary/aromatic N) is 2. The highest BCUT2D eigenvalue weighted by Crippen LogP contribution is 2.27. The number of nitrogens with one attached hydrogen (secondary N) is 1. The minimum absolute atomic E-state index is 0.523. The summed E-state index contributed by atoms with van der Waals surface area (Å²) in [6, 6.07) is 25.0. The molecule has 0 spiro atoms. The Morgan fingerprint density at radius 3 is 2.64 bits per heavy atom. The van der Waals surface area contributed by atoms with Crippen LogP contribution < -0.4 is 5.32 Å². The Labute approximate surface area is 168 Å². The van der Waals surface area contributed by atoms with Crippen molar-refractivity contribution in [3.05, 3.63) is 88.9 Å². The zero-order valence-corrected chi connectivity index (χ0v) is 16.3. The van der Waals surface area contributed by atoms with Gasteiger partial charge in [0.25, 0.3) is 0 Å². The fraction of sp³-hybridized carbons (Fsp3) is 0.0833. The SMILES string of the molecule is CCc1ccc(-c2csc(C(C#N)=CNc3cccc4ccccc34)n2)cc1. The summed E-state index contributed by atoms with van der Waals surface area (Å²) in [6.45, 7) is 2.14. The van der Waals surface area contributed by atoms with Crippen molar-refractivity contribution in [1.29, 1.82) is 5.26 Å². The molecule has 3 nitrogen and oxygen atoms in total. The van der Waals surface area contributed by atoms with Crippen LogP contribution in [0.4, 0.5) is 5.69 Å². The van der Waals surface area contributed by atoms with Crippen molar-refractivity contribution >= 4 is 33.4 Å². The topological polar surface area (TPSA) is 48.7 Å². The Morgan fingerprint density at radius 1 is 1.07 bits per heavy atom. The molecule has 136 valence electrons. The van der Waals surface area contributed by atoms with Crippen LogP contribution >= 0.6 is 11.3 Å². The summed E-state index contributed by atoms with van der Waals surface area (Å²) in [4.78, 5) is 4.67. The van der Waals surface area contributed by atoms with E-state index in [9.17, 15) is 5.26 Å². The lowest BCUT2D eigenvalue weighted by Crippen LogP contribution is -1.92. The zero-order chi connectivity index (χ0) is 19.3. The molecule has 0 bridgehead atoms. The summed E-state index contributed by atoms with van der Waals surface area (Å²) in [7, 11) is 0.